The summed E-state index contributed by atoms with van der Waals surface area (Å²) >= 11 is 27.5. The van der Waals surface area contributed by atoms with Crippen LogP contribution < -0.4 is 33.9 Å². The van der Waals surface area contributed by atoms with Gasteiger partial charge in [-0.2, -0.15) is 0 Å². The molecule has 268 valence electrons. The van der Waals surface area contributed by atoms with Gasteiger partial charge in [0.1, 0.15) is 10.0 Å². The molecule has 0 unspecified atom stereocenters. The zero-order chi connectivity index (χ0) is 37.7. The Morgan fingerprint density at radius 3 is 1.52 bits per heavy atom. The molecule has 10 heteroatoms. The van der Waals surface area contributed by atoms with Crippen molar-refractivity contribution in [3.8, 4) is 11.5 Å². The summed E-state index contributed by atoms with van der Waals surface area (Å²) in [5.41, 5.74) is 7.77. The lowest BCUT2D eigenvalue weighted by Gasteiger charge is -2.43. The summed E-state index contributed by atoms with van der Waals surface area (Å²) in [6, 6.07) is 42.9. The van der Waals surface area contributed by atoms with Gasteiger partial charge in [-0.1, -0.05) is 132 Å². The van der Waals surface area contributed by atoms with Gasteiger partial charge in [-0.25, -0.2) is 0 Å². The van der Waals surface area contributed by atoms with Crippen LogP contribution in [0.15, 0.2) is 164 Å². The fraction of sp³-hybridized carbons (Fsp3) is 0.0455. The lowest BCUT2D eigenvalue weighted by atomic mass is 10.1. The van der Waals surface area contributed by atoms with Gasteiger partial charge in [0, 0.05) is 28.5 Å². The summed E-state index contributed by atoms with van der Waals surface area (Å²) in [6.45, 7) is 12.7. The van der Waals surface area contributed by atoms with Gasteiger partial charge in [0.25, 0.3) is 0 Å². The largest absolute Gasteiger partial charge is 0.540 e. The molecule has 1 spiro atoms. The molecule has 2 heterocycles. The highest BCUT2D eigenvalue weighted by Gasteiger charge is 2.62. The topological polar surface area (TPSA) is 28.2 Å². The molecule has 0 fully saturated rings. The van der Waals surface area contributed by atoms with E-state index < -0.39 is 8.56 Å². The molecule has 5 nitrogen and oxygen atoms in total. The van der Waals surface area contributed by atoms with Crippen LogP contribution in [0.5, 0.6) is 11.5 Å². The van der Waals surface area contributed by atoms with E-state index in [4.69, 9.17) is 55.3 Å². The molecule has 8 rings (SSSR count). The van der Waals surface area contributed by atoms with Crippen molar-refractivity contribution in [1.82, 2.24) is 0 Å². The Kier molecular flexibility index (Phi) is 9.50. The monoisotopic (exact) mass is 803 g/mol. The van der Waals surface area contributed by atoms with Crippen molar-refractivity contribution in [1.29, 1.82) is 0 Å². The van der Waals surface area contributed by atoms with Crippen molar-refractivity contribution < 1.29 is 8.85 Å². The highest BCUT2D eigenvalue weighted by molar-refractivity contribution is 6.99. The molecule has 2 aliphatic heterocycles. The number of anilines is 7. The quantitative estimate of drug-likeness (QED) is 0.0661. The fourth-order valence-electron chi connectivity index (χ4n) is 7.24. The number of halogens is 4. The third-order valence-electron chi connectivity index (χ3n) is 9.67. The SMILES string of the molecule is C=CC(=C)N(c1ccccc1)c1cccc2c1[Si]1(Oc3c(Cl)c(Cl)c(Cl)c(Cl)c3O1)c1c(N(/C(C)=C/C)c3ccccc3)cccc1N2c1ccccc1. The van der Waals surface area contributed by atoms with Crippen LogP contribution in [0, 0.1) is 0 Å². The van der Waals surface area contributed by atoms with Crippen LogP contribution in [0.4, 0.5) is 39.8 Å². The Morgan fingerprint density at radius 2 is 1.06 bits per heavy atom. The second kappa shape index (κ2) is 14.3. The van der Waals surface area contributed by atoms with Crippen molar-refractivity contribution in [2.24, 2.45) is 0 Å². The molecule has 0 amide bonds. The van der Waals surface area contributed by atoms with Gasteiger partial charge in [-0.05, 0) is 80.6 Å². The van der Waals surface area contributed by atoms with E-state index in [2.05, 4.69) is 95.5 Å². The van der Waals surface area contributed by atoms with Gasteiger partial charge in [-0.3, -0.25) is 0 Å². The summed E-state index contributed by atoms with van der Waals surface area (Å²) in [5.74, 6) is 0.473. The summed E-state index contributed by atoms with van der Waals surface area (Å²) in [6.07, 6.45) is 3.82. The molecule has 0 aliphatic carbocycles. The molecule has 6 aromatic rings. The minimum absolute atomic E-state index is 0.0853. The maximum Gasteiger partial charge on any atom is 0.540 e. The zero-order valence-corrected chi connectivity index (χ0v) is 33.4. The molecule has 0 bridgehead atoms. The van der Waals surface area contributed by atoms with Crippen LogP contribution in [0.1, 0.15) is 13.8 Å². The zero-order valence-electron chi connectivity index (χ0n) is 29.4. The third-order valence-corrected chi connectivity index (χ3v) is 14.8. The van der Waals surface area contributed by atoms with Gasteiger partial charge >= 0.3 is 8.56 Å². The lowest BCUT2D eigenvalue weighted by Crippen LogP contribution is -2.70. The number of hydrogen-bond donors (Lipinski definition) is 0. The first kappa shape index (κ1) is 35.9. The maximum atomic E-state index is 7.40. The number of hydrogen-bond acceptors (Lipinski definition) is 5. The van der Waals surface area contributed by atoms with E-state index in [1.165, 1.54) is 0 Å². The van der Waals surface area contributed by atoms with Crippen LogP contribution in [0.3, 0.4) is 0 Å². The van der Waals surface area contributed by atoms with Crippen molar-refractivity contribution in [2.45, 2.75) is 13.8 Å². The number of fused-ring (bicyclic) bond motifs is 5. The lowest BCUT2D eigenvalue weighted by molar-refractivity contribution is 0.494. The van der Waals surface area contributed by atoms with Crippen LogP contribution in [-0.2, 0) is 0 Å². The molecule has 0 saturated carbocycles. The Balaban J connectivity index is 1.56. The number of allylic oxidation sites excluding steroid dienone is 3. The van der Waals surface area contributed by atoms with E-state index in [1.54, 1.807) is 6.08 Å². The molecule has 0 atom stereocenters. The summed E-state index contributed by atoms with van der Waals surface area (Å²) < 4.78 is 14.8. The third kappa shape index (κ3) is 5.60. The van der Waals surface area contributed by atoms with Gasteiger partial charge in [0.2, 0.25) is 0 Å². The van der Waals surface area contributed by atoms with Crippen LogP contribution >= 0.6 is 46.4 Å². The second-order valence-corrected chi connectivity index (χ2v) is 16.9. The van der Waals surface area contributed by atoms with Crippen molar-refractivity contribution in [3.05, 3.63) is 184 Å². The predicted molar refractivity (Wildman–Crippen MR) is 230 cm³/mol. The van der Waals surface area contributed by atoms with Crippen molar-refractivity contribution in [3.63, 3.8) is 0 Å². The molecule has 0 aromatic heterocycles. The van der Waals surface area contributed by atoms with Crippen molar-refractivity contribution >= 4 is 105 Å². The van der Waals surface area contributed by atoms with Crippen molar-refractivity contribution in [2.75, 3.05) is 14.7 Å². The van der Waals surface area contributed by atoms with E-state index in [0.29, 0.717) is 5.70 Å². The number of benzene rings is 6. The number of rotatable bonds is 8. The molecular weight excluding hydrogens is 772 g/mol. The second-order valence-electron chi connectivity index (χ2n) is 12.7. The Labute approximate surface area is 336 Å². The smallest absolute Gasteiger partial charge is 0.501 e. The van der Waals surface area contributed by atoms with Gasteiger partial charge in [0.05, 0.1) is 43.2 Å². The standard InChI is InChI=1S/C44H33Cl4N3O2Si/c1-5-28(3)49(30-18-10-7-11-19-30)33-24-16-26-35-43(33)54(52-41-39(47)37(45)38(46)40(48)42(41)53-54)44-34(50(29(4)6-2)31-20-12-8-13-21-31)25-17-27-36(44)51(35)32-22-14-9-15-23-32/h5-27H,1,3H2,2,4H3/b29-6+. The average molecular weight is 806 g/mol. The van der Waals surface area contributed by atoms with E-state index in [9.17, 15) is 0 Å². The predicted octanol–water partition coefficient (Wildman–Crippen LogP) is 13.0. The highest BCUT2D eigenvalue weighted by Crippen LogP contribution is 2.57. The number of para-hydroxylation sites is 3. The van der Waals surface area contributed by atoms with Crippen LogP contribution in [-0.4, -0.2) is 8.56 Å². The van der Waals surface area contributed by atoms with E-state index >= 15 is 0 Å². The Morgan fingerprint density at radius 1 is 0.611 bits per heavy atom. The number of nitrogens with zero attached hydrogens (tertiary/aromatic N) is 3. The highest BCUT2D eigenvalue weighted by atomic mass is 35.5. The van der Waals surface area contributed by atoms with Crippen LogP contribution in [0.25, 0.3) is 0 Å². The van der Waals surface area contributed by atoms with Gasteiger partial charge < -0.3 is 23.6 Å². The van der Waals surface area contributed by atoms with E-state index in [0.717, 1.165) is 55.9 Å². The van der Waals surface area contributed by atoms with Crippen LogP contribution in [0.2, 0.25) is 20.1 Å². The minimum atomic E-state index is -4.06. The van der Waals surface area contributed by atoms with Gasteiger partial charge in [-0.15, -0.1) is 0 Å². The summed E-state index contributed by atoms with van der Waals surface area (Å²) in [5, 5.41) is 2.03. The Hall–Kier alpha value is -5.08. The molecule has 0 saturated heterocycles. The molecule has 0 radical (unpaired) electrons. The average Bonchev–Trinajstić information content (AvgIpc) is 3.61. The molecule has 0 N–H and O–H groups in total. The molecule has 54 heavy (non-hydrogen) atoms. The normalized spacial score (nSPS) is 13.7. The maximum absolute atomic E-state index is 7.40. The first-order valence-electron chi connectivity index (χ1n) is 17.2. The first-order chi connectivity index (χ1) is 26.2. The van der Waals surface area contributed by atoms with E-state index in [-0.39, 0.29) is 31.6 Å². The molecular formula is C44H33Cl4N3O2Si. The Bertz CT molecular complexity index is 2340. The first-order valence-corrected chi connectivity index (χ1v) is 20.5. The molecule has 2 aliphatic rings. The minimum Gasteiger partial charge on any atom is -0.501 e. The summed E-state index contributed by atoms with van der Waals surface area (Å²) in [4.78, 5) is 6.55. The molecule has 6 aromatic carbocycles. The van der Waals surface area contributed by atoms with E-state index in [1.807, 2.05) is 79.7 Å². The summed E-state index contributed by atoms with van der Waals surface area (Å²) in [7, 11) is -4.06. The fourth-order valence-corrected chi connectivity index (χ4v) is 12.1. The van der Waals surface area contributed by atoms with Gasteiger partial charge in [0.15, 0.2) is 11.5 Å².